The number of nitrogens with zero attached hydrogens (tertiary/aromatic N) is 3. The van der Waals surface area contributed by atoms with E-state index in [0.717, 1.165) is 43.9 Å². The molecule has 0 bridgehead atoms. The molecule has 1 amide bonds. The zero-order valence-corrected chi connectivity index (χ0v) is 15.2. The summed E-state index contributed by atoms with van der Waals surface area (Å²) < 4.78 is 2.21. The predicted molar refractivity (Wildman–Crippen MR) is 102 cm³/mol. The lowest BCUT2D eigenvalue weighted by molar-refractivity contribution is 0.0627. The zero-order valence-electron chi connectivity index (χ0n) is 14.4. The predicted octanol–water partition coefficient (Wildman–Crippen LogP) is 3.17. The minimum atomic E-state index is -0.187. The number of carbonyl (C=O) groups excluding carboxylic acids is 1. The number of rotatable bonds is 1. The molecule has 5 nitrogen and oxygen atoms in total. The standard InChI is InChI=1S/C20H20N4OS/c25-18(16-5-12-26-14-16)23-9-6-20(7-10-23)19-21-8-11-24(19)17-4-2-1-3-15(17)13-22-20/h1-5,8,11-12,14,22H,6-7,9-10,13H2. The molecule has 0 atom stereocenters. The summed E-state index contributed by atoms with van der Waals surface area (Å²) in [6.45, 7) is 2.30. The van der Waals surface area contributed by atoms with Gasteiger partial charge in [0.25, 0.3) is 5.91 Å². The van der Waals surface area contributed by atoms with Crippen LogP contribution in [0.15, 0.2) is 53.5 Å². The first-order chi connectivity index (χ1) is 12.8. The number of likely N-dealkylation sites (tertiary alicyclic amines) is 1. The van der Waals surface area contributed by atoms with Crippen LogP contribution in [-0.4, -0.2) is 33.4 Å². The van der Waals surface area contributed by atoms with E-state index >= 15 is 0 Å². The Bertz CT molecular complexity index is 938. The lowest BCUT2D eigenvalue weighted by Crippen LogP contribution is -2.52. The first-order valence-electron chi connectivity index (χ1n) is 8.95. The van der Waals surface area contributed by atoms with Crippen molar-refractivity contribution in [1.82, 2.24) is 19.8 Å². The van der Waals surface area contributed by atoms with E-state index in [9.17, 15) is 4.79 Å². The lowest BCUT2D eigenvalue weighted by atomic mass is 9.86. The van der Waals surface area contributed by atoms with E-state index < -0.39 is 0 Å². The third-order valence-corrected chi connectivity index (χ3v) is 6.29. The SMILES string of the molecule is O=C(c1ccsc1)N1CCC2(CC1)NCc1ccccc1-n1ccnc12. The Labute approximate surface area is 156 Å². The van der Waals surface area contributed by atoms with Crippen LogP contribution >= 0.6 is 11.3 Å². The number of benzene rings is 1. The summed E-state index contributed by atoms with van der Waals surface area (Å²) >= 11 is 1.57. The van der Waals surface area contributed by atoms with Crippen LogP contribution in [0.2, 0.25) is 0 Å². The maximum Gasteiger partial charge on any atom is 0.254 e. The van der Waals surface area contributed by atoms with Gasteiger partial charge in [-0.3, -0.25) is 4.79 Å². The Morgan fingerprint density at radius 2 is 2.04 bits per heavy atom. The summed E-state index contributed by atoms with van der Waals surface area (Å²) in [4.78, 5) is 19.3. The van der Waals surface area contributed by atoms with E-state index in [1.165, 1.54) is 11.3 Å². The Hall–Kier alpha value is -2.44. The minimum absolute atomic E-state index is 0.140. The molecule has 1 fully saturated rings. The first kappa shape index (κ1) is 15.8. The van der Waals surface area contributed by atoms with Crippen LogP contribution in [0.1, 0.15) is 34.6 Å². The molecule has 1 saturated heterocycles. The molecular formula is C20H20N4OS. The van der Waals surface area contributed by atoms with Crippen LogP contribution < -0.4 is 5.32 Å². The van der Waals surface area contributed by atoms with E-state index in [0.29, 0.717) is 0 Å². The van der Waals surface area contributed by atoms with Gasteiger partial charge in [-0.1, -0.05) is 18.2 Å². The van der Waals surface area contributed by atoms with Gasteiger partial charge in [-0.15, -0.1) is 0 Å². The van der Waals surface area contributed by atoms with Crippen molar-refractivity contribution < 1.29 is 4.79 Å². The second-order valence-corrected chi connectivity index (χ2v) is 7.77. The van der Waals surface area contributed by atoms with Crippen molar-refractivity contribution in [2.45, 2.75) is 24.9 Å². The number of hydrogen-bond acceptors (Lipinski definition) is 4. The van der Waals surface area contributed by atoms with E-state index in [1.54, 1.807) is 11.3 Å². The van der Waals surface area contributed by atoms with Gasteiger partial charge in [0, 0.05) is 37.4 Å². The molecule has 2 aliphatic rings. The third kappa shape index (κ3) is 2.40. The van der Waals surface area contributed by atoms with Gasteiger partial charge >= 0.3 is 0 Å². The molecule has 132 valence electrons. The summed E-state index contributed by atoms with van der Waals surface area (Å²) in [5.41, 5.74) is 3.09. The molecule has 1 spiro atoms. The highest BCUT2D eigenvalue weighted by atomic mass is 32.1. The van der Waals surface area contributed by atoms with Gasteiger partial charge < -0.3 is 14.8 Å². The van der Waals surface area contributed by atoms with Crippen LogP contribution in [0.3, 0.4) is 0 Å². The summed E-state index contributed by atoms with van der Waals surface area (Å²) in [5.74, 6) is 1.20. The molecule has 26 heavy (non-hydrogen) atoms. The second kappa shape index (κ2) is 6.07. The Morgan fingerprint density at radius 3 is 2.85 bits per heavy atom. The highest BCUT2D eigenvalue weighted by Gasteiger charge is 2.42. The molecule has 2 aliphatic heterocycles. The molecular weight excluding hydrogens is 344 g/mol. The number of amides is 1. The molecule has 6 heteroatoms. The number of piperidine rings is 1. The monoisotopic (exact) mass is 364 g/mol. The fourth-order valence-electron chi connectivity index (χ4n) is 4.15. The van der Waals surface area contributed by atoms with E-state index in [1.807, 2.05) is 34.1 Å². The molecule has 1 N–H and O–H groups in total. The van der Waals surface area contributed by atoms with Crippen molar-refractivity contribution in [2.75, 3.05) is 13.1 Å². The Morgan fingerprint density at radius 1 is 1.19 bits per heavy atom. The molecule has 5 rings (SSSR count). The van der Waals surface area contributed by atoms with Gasteiger partial charge in [0.2, 0.25) is 0 Å². The first-order valence-corrected chi connectivity index (χ1v) is 9.90. The van der Waals surface area contributed by atoms with Crippen LogP contribution in [0.5, 0.6) is 0 Å². The number of hydrogen-bond donors (Lipinski definition) is 1. The molecule has 2 aromatic heterocycles. The molecule has 4 heterocycles. The molecule has 3 aromatic rings. The molecule has 0 saturated carbocycles. The maximum absolute atomic E-state index is 12.7. The normalized spacial score (nSPS) is 18.2. The van der Waals surface area contributed by atoms with Crippen LogP contribution in [0.4, 0.5) is 0 Å². The highest BCUT2D eigenvalue weighted by molar-refractivity contribution is 7.08. The van der Waals surface area contributed by atoms with Gasteiger partial charge in [-0.05, 0) is 35.9 Å². The van der Waals surface area contributed by atoms with Gasteiger partial charge in [0.15, 0.2) is 0 Å². The van der Waals surface area contributed by atoms with Crippen molar-refractivity contribution >= 4 is 17.2 Å². The van der Waals surface area contributed by atoms with Crippen LogP contribution in [0.25, 0.3) is 5.69 Å². The minimum Gasteiger partial charge on any atom is -0.338 e. The molecule has 0 aliphatic carbocycles. The lowest BCUT2D eigenvalue weighted by Gasteiger charge is -2.41. The van der Waals surface area contributed by atoms with Gasteiger partial charge in [0.1, 0.15) is 5.82 Å². The van der Waals surface area contributed by atoms with Gasteiger partial charge in [-0.2, -0.15) is 11.3 Å². The Kier molecular flexibility index (Phi) is 3.69. The number of thiophene rings is 1. The Balaban J connectivity index is 1.44. The van der Waals surface area contributed by atoms with Gasteiger partial charge in [-0.25, -0.2) is 4.98 Å². The largest absolute Gasteiger partial charge is 0.338 e. The van der Waals surface area contributed by atoms with Gasteiger partial charge in [0.05, 0.1) is 16.8 Å². The molecule has 1 aromatic carbocycles. The van der Waals surface area contributed by atoms with E-state index in [2.05, 4.69) is 34.1 Å². The quantitative estimate of drug-likeness (QED) is 0.722. The van der Waals surface area contributed by atoms with Crippen molar-refractivity contribution in [3.63, 3.8) is 0 Å². The smallest absolute Gasteiger partial charge is 0.254 e. The molecule has 0 radical (unpaired) electrons. The number of para-hydroxylation sites is 1. The third-order valence-electron chi connectivity index (χ3n) is 5.61. The maximum atomic E-state index is 12.7. The molecule has 0 unspecified atom stereocenters. The number of carbonyl (C=O) groups is 1. The number of fused-ring (bicyclic) bond motifs is 4. The van der Waals surface area contributed by atoms with Crippen LogP contribution in [0, 0.1) is 0 Å². The van der Waals surface area contributed by atoms with E-state index in [4.69, 9.17) is 4.98 Å². The van der Waals surface area contributed by atoms with E-state index in [-0.39, 0.29) is 11.4 Å². The summed E-state index contributed by atoms with van der Waals surface area (Å²) in [6, 6.07) is 10.4. The second-order valence-electron chi connectivity index (χ2n) is 6.99. The number of imidazole rings is 1. The van der Waals surface area contributed by atoms with Crippen LogP contribution in [-0.2, 0) is 12.1 Å². The van der Waals surface area contributed by atoms with Crippen molar-refractivity contribution in [2.24, 2.45) is 0 Å². The zero-order chi connectivity index (χ0) is 17.6. The number of aromatic nitrogens is 2. The highest BCUT2D eigenvalue weighted by Crippen LogP contribution is 2.36. The fourth-order valence-corrected chi connectivity index (χ4v) is 4.78. The average molecular weight is 364 g/mol. The fraction of sp³-hybridized carbons (Fsp3) is 0.300. The topological polar surface area (TPSA) is 50.2 Å². The van der Waals surface area contributed by atoms with Crippen molar-refractivity contribution in [1.29, 1.82) is 0 Å². The van der Waals surface area contributed by atoms with Crippen molar-refractivity contribution in [3.05, 3.63) is 70.4 Å². The summed E-state index contributed by atoms with van der Waals surface area (Å²) in [6.07, 6.45) is 5.66. The summed E-state index contributed by atoms with van der Waals surface area (Å²) in [5, 5.41) is 7.66. The van der Waals surface area contributed by atoms with Crippen molar-refractivity contribution in [3.8, 4) is 5.69 Å². The average Bonchev–Trinajstić information content (AvgIpc) is 3.37. The summed E-state index contributed by atoms with van der Waals surface area (Å²) in [7, 11) is 0. The number of nitrogens with one attached hydrogen (secondary N) is 1.